The maximum Gasteiger partial charge on any atom is 0.351 e. The number of anilines is 2. The SMILES string of the molecule is C=CC(=O)N1CCN(c2nc(=O)n(C3C(C(C)C)=NC=CC3C)c3nc(-c4c(F)c(N)c(F)c(F)c4Cl)c(F)cc23)[C@@H](C)C1. The number of hydrogen-bond acceptors (Lipinski definition) is 7. The molecule has 2 aliphatic rings. The first-order chi connectivity index (χ1) is 20.8. The summed E-state index contributed by atoms with van der Waals surface area (Å²) in [6, 6.07) is -0.0621. The van der Waals surface area contributed by atoms with Crippen molar-refractivity contribution in [1.29, 1.82) is 0 Å². The summed E-state index contributed by atoms with van der Waals surface area (Å²) in [6.45, 7) is 11.8. The molecule has 4 heterocycles. The summed E-state index contributed by atoms with van der Waals surface area (Å²) < 4.78 is 61.3. The quantitative estimate of drug-likeness (QED) is 0.135. The summed E-state index contributed by atoms with van der Waals surface area (Å²) in [4.78, 5) is 42.8. The van der Waals surface area contributed by atoms with E-state index in [-0.39, 0.29) is 60.3 Å². The third kappa shape index (κ3) is 5.02. The number of carbonyl (C=O) groups excluding carboxylic acids is 1. The highest BCUT2D eigenvalue weighted by Crippen LogP contribution is 2.40. The van der Waals surface area contributed by atoms with Crippen LogP contribution in [0.15, 0.2) is 40.8 Å². The van der Waals surface area contributed by atoms with Gasteiger partial charge in [0.05, 0.1) is 22.0 Å². The van der Waals surface area contributed by atoms with Crippen LogP contribution in [-0.2, 0) is 4.79 Å². The van der Waals surface area contributed by atoms with Crippen LogP contribution in [0.25, 0.3) is 22.3 Å². The lowest BCUT2D eigenvalue weighted by atomic mass is 9.88. The third-order valence-corrected chi connectivity index (χ3v) is 8.39. The molecule has 2 aromatic heterocycles. The number of aliphatic imine (C=N–C) groups is 1. The largest absolute Gasteiger partial charge is 0.394 e. The maximum atomic E-state index is 16.0. The smallest absolute Gasteiger partial charge is 0.351 e. The lowest BCUT2D eigenvalue weighted by molar-refractivity contribution is -0.126. The van der Waals surface area contributed by atoms with Gasteiger partial charge in [-0.2, -0.15) is 4.98 Å². The minimum atomic E-state index is -1.72. The van der Waals surface area contributed by atoms with Crippen molar-refractivity contribution in [2.75, 3.05) is 30.3 Å². The topological polar surface area (TPSA) is 110 Å². The lowest BCUT2D eigenvalue weighted by Gasteiger charge is -2.40. The van der Waals surface area contributed by atoms with Crippen LogP contribution in [0.2, 0.25) is 5.02 Å². The molecule has 1 amide bonds. The number of amides is 1. The van der Waals surface area contributed by atoms with E-state index in [4.69, 9.17) is 17.3 Å². The second-order valence-electron chi connectivity index (χ2n) is 11.2. The van der Waals surface area contributed by atoms with E-state index >= 15 is 8.78 Å². The van der Waals surface area contributed by atoms with Gasteiger partial charge in [-0.25, -0.2) is 27.3 Å². The average Bonchev–Trinajstić information content (AvgIpc) is 2.99. The average molecular weight is 632 g/mol. The predicted molar refractivity (Wildman–Crippen MR) is 162 cm³/mol. The number of fused-ring (bicyclic) bond motifs is 1. The first-order valence-electron chi connectivity index (χ1n) is 13.9. The molecular formula is C30H30ClF4N7O2. The Balaban J connectivity index is 1.82. The van der Waals surface area contributed by atoms with Gasteiger partial charge >= 0.3 is 5.69 Å². The van der Waals surface area contributed by atoms with E-state index < -0.39 is 57.0 Å². The lowest BCUT2D eigenvalue weighted by Crippen LogP contribution is -2.54. The van der Waals surface area contributed by atoms with Crippen LogP contribution in [0.1, 0.15) is 33.7 Å². The van der Waals surface area contributed by atoms with Gasteiger partial charge in [0.25, 0.3) is 0 Å². The summed E-state index contributed by atoms with van der Waals surface area (Å²) in [5.41, 5.74) is 2.36. The molecule has 14 heteroatoms. The number of carbonyl (C=O) groups is 1. The maximum absolute atomic E-state index is 16.0. The number of rotatable bonds is 5. The molecule has 1 saturated heterocycles. The number of halogens is 5. The summed E-state index contributed by atoms with van der Waals surface area (Å²) in [6.07, 6.45) is 4.63. The molecule has 2 unspecified atom stereocenters. The fourth-order valence-electron chi connectivity index (χ4n) is 5.80. The highest BCUT2D eigenvalue weighted by Gasteiger charge is 2.35. The minimum Gasteiger partial charge on any atom is -0.394 e. The van der Waals surface area contributed by atoms with Gasteiger partial charge in [0, 0.05) is 43.5 Å². The Morgan fingerprint density at radius 1 is 1.14 bits per heavy atom. The molecule has 0 spiro atoms. The first kappa shape index (κ1) is 31.2. The van der Waals surface area contributed by atoms with Crippen molar-refractivity contribution in [2.24, 2.45) is 16.8 Å². The molecule has 0 aliphatic carbocycles. The Morgan fingerprint density at radius 2 is 1.84 bits per heavy atom. The van der Waals surface area contributed by atoms with Crippen LogP contribution in [-0.4, -0.2) is 56.7 Å². The molecule has 2 aliphatic heterocycles. The van der Waals surface area contributed by atoms with Crippen molar-refractivity contribution in [3.05, 3.63) is 69.8 Å². The van der Waals surface area contributed by atoms with Crippen molar-refractivity contribution in [2.45, 2.75) is 39.8 Å². The van der Waals surface area contributed by atoms with E-state index in [1.165, 1.54) is 10.6 Å². The van der Waals surface area contributed by atoms with Crippen LogP contribution < -0.4 is 16.3 Å². The zero-order valence-corrected chi connectivity index (χ0v) is 25.2. The van der Waals surface area contributed by atoms with Gasteiger partial charge in [0.2, 0.25) is 5.91 Å². The molecule has 3 aromatic rings. The molecule has 5 rings (SSSR count). The molecular weight excluding hydrogens is 602 g/mol. The number of allylic oxidation sites excluding steroid dienone is 1. The van der Waals surface area contributed by atoms with E-state index in [1.54, 1.807) is 22.1 Å². The number of pyridine rings is 1. The van der Waals surface area contributed by atoms with E-state index in [0.717, 1.165) is 6.07 Å². The number of nitrogens with two attached hydrogens (primary N) is 1. The second kappa shape index (κ2) is 11.7. The predicted octanol–water partition coefficient (Wildman–Crippen LogP) is 5.28. The van der Waals surface area contributed by atoms with Gasteiger partial charge in [-0.1, -0.05) is 45.0 Å². The molecule has 1 fully saturated rings. The molecule has 44 heavy (non-hydrogen) atoms. The van der Waals surface area contributed by atoms with E-state index in [9.17, 15) is 18.4 Å². The van der Waals surface area contributed by atoms with Crippen LogP contribution in [0.5, 0.6) is 0 Å². The Bertz CT molecular complexity index is 1790. The van der Waals surface area contributed by atoms with Crippen molar-refractivity contribution in [1.82, 2.24) is 19.4 Å². The van der Waals surface area contributed by atoms with Gasteiger partial charge in [0.1, 0.15) is 22.8 Å². The zero-order chi connectivity index (χ0) is 32.2. The molecule has 3 atom stereocenters. The first-order valence-corrected chi connectivity index (χ1v) is 14.3. The molecule has 0 bridgehead atoms. The molecule has 1 aromatic carbocycles. The second-order valence-corrected chi connectivity index (χ2v) is 11.6. The monoisotopic (exact) mass is 631 g/mol. The van der Waals surface area contributed by atoms with E-state index in [2.05, 4.69) is 21.5 Å². The Kier molecular flexibility index (Phi) is 8.27. The van der Waals surface area contributed by atoms with Crippen molar-refractivity contribution >= 4 is 45.8 Å². The van der Waals surface area contributed by atoms with E-state index in [0.29, 0.717) is 5.71 Å². The summed E-state index contributed by atoms with van der Waals surface area (Å²) in [5, 5.41) is -0.962. The molecule has 2 N–H and O–H groups in total. The number of benzene rings is 1. The summed E-state index contributed by atoms with van der Waals surface area (Å²) in [5.74, 6) is -6.61. The van der Waals surface area contributed by atoms with Gasteiger partial charge in [-0.05, 0) is 25.0 Å². The van der Waals surface area contributed by atoms with Crippen LogP contribution in [0, 0.1) is 35.1 Å². The molecule has 0 radical (unpaired) electrons. The Labute approximate surface area is 255 Å². The van der Waals surface area contributed by atoms with Gasteiger partial charge in [-0.3, -0.25) is 14.4 Å². The summed E-state index contributed by atoms with van der Waals surface area (Å²) >= 11 is 5.99. The fourth-order valence-corrected chi connectivity index (χ4v) is 6.06. The van der Waals surface area contributed by atoms with E-state index in [1.807, 2.05) is 27.7 Å². The zero-order valence-electron chi connectivity index (χ0n) is 24.4. The Hall–Kier alpha value is -4.26. The number of nitrogen functional groups attached to an aromatic ring is 1. The summed E-state index contributed by atoms with van der Waals surface area (Å²) in [7, 11) is 0. The normalized spacial score (nSPS) is 20.4. The standard InChI is InChI=1S/C30H30ClF4N7O2/c1-6-18(43)40-9-10-41(15(5)12-40)28-16-11-17(32)26(19-20(31)22(34)23(35)24(36)21(19)33)38-29(16)42(30(44)39-28)27-14(4)7-8-37-25(27)13(2)3/h6-8,11,13-15,27H,1,9-10,12,36H2,2-5H3/t14?,15-,27?/m0/s1. The fraction of sp³-hybridized carbons (Fsp3) is 0.367. The molecule has 232 valence electrons. The number of hydrogen-bond donors (Lipinski definition) is 1. The van der Waals surface area contributed by atoms with Crippen molar-refractivity contribution in [3.63, 3.8) is 0 Å². The number of nitrogens with zero attached hydrogens (tertiary/aromatic N) is 6. The van der Waals surface area contributed by atoms with Crippen LogP contribution in [0.3, 0.4) is 0 Å². The van der Waals surface area contributed by atoms with Gasteiger partial charge in [0.15, 0.2) is 23.3 Å². The van der Waals surface area contributed by atoms with Crippen LogP contribution in [0.4, 0.5) is 29.1 Å². The number of aromatic nitrogens is 3. The molecule has 0 saturated carbocycles. The van der Waals surface area contributed by atoms with Crippen molar-refractivity contribution < 1.29 is 22.4 Å². The Morgan fingerprint density at radius 3 is 2.48 bits per heavy atom. The van der Waals surface area contributed by atoms with Gasteiger partial charge in [-0.15, -0.1) is 0 Å². The third-order valence-electron chi connectivity index (χ3n) is 8.04. The highest BCUT2D eigenvalue weighted by molar-refractivity contribution is 6.33. The minimum absolute atomic E-state index is 0.0933. The van der Waals surface area contributed by atoms with Crippen LogP contribution >= 0.6 is 11.6 Å². The van der Waals surface area contributed by atoms with Gasteiger partial charge < -0.3 is 15.5 Å². The molecule has 9 nitrogen and oxygen atoms in total. The number of piperazine rings is 1. The van der Waals surface area contributed by atoms with Crippen molar-refractivity contribution in [3.8, 4) is 11.3 Å². The highest BCUT2D eigenvalue weighted by atomic mass is 35.5.